The van der Waals surface area contributed by atoms with Crippen LogP contribution in [0.1, 0.15) is 13.8 Å². The van der Waals surface area contributed by atoms with Crippen molar-refractivity contribution in [3.8, 4) is 0 Å². The van der Waals surface area contributed by atoms with Crippen LogP contribution in [0.25, 0.3) is 0 Å². The largest absolute Gasteiger partial charge is 0.353 e. The number of rotatable bonds is 2. The Kier molecular flexibility index (Phi) is 3.65. The summed E-state index contributed by atoms with van der Waals surface area (Å²) in [6, 6.07) is 4.71. The lowest BCUT2D eigenvalue weighted by molar-refractivity contribution is 0.472. The molecule has 0 spiro atoms. The zero-order chi connectivity index (χ0) is 14.1. The zero-order valence-corrected chi connectivity index (χ0v) is 12.5. The molecule has 102 valence electrons. The van der Waals surface area contributed by atoms with Gasteiger partial charge in [0.05, 0.1) is 0 Å². The van der Waals surface area contributed by atoms with E-state index < -0.39 is 0 Å². The molecule has 0 aromatic carbocycles. The second-order valence-electron chi connectivity index (χ2n) is 5.27. The van der Waals surface area contributed by atoms with Crippen LogP contribution in [-0.4, -0.2) is 43.0 Å². The van der Waals surface area contributed by atoms with E-state index in [1.807, 2.05) is 23.7 Å². The van der Waals surface area contributed by atoms with Crippen LogP contribution >= 0.6 is 11.3 Å². The molecule has 4 nitrogen and oxygen atoms in total. The molecule has 2 aromatic heterocycles. The quantitative estimate of drug-likeness (QED) is 0.781. The van der Waals surface area contributed by atoms with Gasteiger partial charge in [-0.15, -0.1) is 11.3 Å². The van der Waals surface area contributed by atoms with Crippen LogP contribution in [0.5, 0.6) is 0 Å². The normalized spacial score (nSPS) is 23.1. The molecule has 3 heterocycles. The number of piperazine rings is 1. The average molecular weight is 284 g/mol. The Morgan fingerprint density at radius 3 is 2.50 bits per heavy atom. The van der Waals surface area contributed by atoms with Gasteiger partial charge < -0.3 is 9.80 Å². The van der Waals surface area contributed by atoms with Crippen molar-refractivity contribution in [2.75, 3.05) is 22.9 Å². The molecule has 0 N–H and O–H groups in total. The monoisotopic (exact) mass is 284 g/mol. The number of aromatic nitrogens is 2. The first kappa shape index (κ1) is 13.4. The molecule has 2 atom stereocenters. The van der Waals surface area contributed by atoms with E-state index in [0.29, 0.717) is 17.5 Å². The van der Waals surface area contributed by atoms with Crippen molar-refractivity contribution in [1.82, 2.24) is 9.97 Å². The molecular formula is C14H17BN4S. The Morgan fingerprint density at radius 1 is 1.20 bits per heavy atom. The van der Waals surface area contributed by atoms with Crippen LogP contribution in [0.4, 0.5) is 10.9 Å². The predicted octanol–water partition coefficient (Wildman–Crippen LogP) is 1.44. The summed E-state index contributed by atoms with van der Waals surface area (Å²) in [6.07, 6.45) is 3.59. The van der Waals surface area contributed by atoms with Gasteiger partial charge in [0.2, 0.25) is 0 Å². The maximum atomic E-state index is 5.70. The van der Waals surface area contributed by atoms with Gasteiger partial charge >= 0.3 is 0 Å². The highest BCUT2D eigenvalue weighted by Crippen LogP contribution is 2.27. The van der Waals surface area contributed by atoms with Crippen LogP contribution in [-0.2, 0) is 0 Å². The standard InChI is InChI=1S/C14H17BN4S/c1-10-8-18(13-4-3-12(15)7-17-13)9-11(2)19(10)14-16-5-6-20-14/h3-7,10-11H,8-9H2,1-2H3/t10-,11+. The van der Waals surface area contributed by atoms with Gasteiger partial charge in [-0.25, -0.2) is 9.97 Å². The summed E-state index contributed by atoms with van der Waals surface area (Å²) in [7, 11) is 5.70. The molecule has 20 heavy (non-hydrogen) atoms. The van der Waals surface area contributed by atoms with Crippen molar-refractivity contribution in [3.63, 3.8) is 0 Å². The van der Waals surface area contributed by atoms with E-state index in [1.165, 1.54) is 0 Å². The molecule has 2 aromatic rings. The van der Waals surface area contributed by atoms with E-state index in [1.54, 1.807) is 17.5 Å². The number of hydrogen-bond acceptors (Lipinski definition) is 5. The topological polar surface area (TPSA) is 32.3 Å². The maximum Gasteiger partial charge on any atom is 0.185 e. The second kappa shape index (κ2) is 5.44. The summed E-state index contributed by atoms with van der Waals surface area (Å²) >= 11 is 1.70. The van der Waals surface area contributed by atoms with Crippen LogP contribution in [0.2, 0.25) is 0 Å². The Labute approximate surface area is 124 Å². The zero-order valence-electron chi connectivity index (χ0n) is 11.7. The van der Waals surface area contributed by atoms with Crippen LogP contribution in [0.15, 0.2) is 29.9 Å². The van der Waals surface area contributed by atoms with Crippen LogP contribution < -0.4 is 15.3 Å². The van der Waals surface area contributed by atoms with E-state index in [-0.39, 0.29) is 0 Å². The van der Waals surface area contributed by atoms with Gasteiger partial charge in [-0.05, 0) is 19.9 Å². The SMILES string of the molecule is [B]c1ccc(N2C[C@@H](C)N(c3nccs3)[C@@H](C)C2)nc1. The molecule has 0 aliphatic carbocycles. The molecule has 1 aliphatic rings. The molecule has 3 rings (SSSR count). The van der Waals surface area contributed by atoms with E-state index in [2.05, 4.69) is 33.6 Å². The first-order chi connectivity index (χ1) is 9.65. The molecule has 1 saturated heterocycles. The Balaban J connectivity index is 1.79. The smallest absolute Gasteiger partial charge is 0.185 e. The molecule has 0 bridgehead atoms. The van der Waals surface area contributed by atoms with Crippen LogP contribution in [0.3, 0.4) is 0 Å². The van der Waals surface area contributed by atoms with Crippen molar-refractivity contribution in [2.24, 2.45) is 0 Å². The van der Waals surface area contributed by atoms with Crippen molar-refractivity contribution >= 4 is 35.6 Å². The Bertz CT molecular complexity index is 545. The molecule has 2 radical (unpaired) electrons. The molecule has 0 saturated carbocycles. The first-order valence-electron chi connectivity index (χ1n) is 6.79. The van der Waals surface area contributed by atoms with Crippen LogP contribution in [0, 0.1) is 0 Å². The molecule has 0 amide bonds. The van der Waals surface area contributed by atoms with E-state index in [0.717, 1.165) is 24.0 Å². The molecule has 6 heteroatoms. The highest BCUT2D eigenvalue weighted by molar-refractivity contribution is 7.13. The highest BCUT2D eigenvalue weighted by Gasteiger charge is 2.31. The van der Waals surface area contributed by atoms with Gasteiger partial charge in [0, 0.05) is 42.9 Å². The first-order valence-corrected chi connectivity index (χ1v) is 7.67. The van der Waals surface area contributed by atoms with Crippen molar-refractivity contribution < 1.29 is 0 Å². The fourth-order valence-electron chi connectivity index (χ4n) is 2.81. The third kappa shape index (κ3) is 2.52. The number of anilines is 2. The van der Waals surface area contributed by atoms with Gasteiger partial charge in [0.15, 0.2) is 5.13 Å². The number of nitrogens with zero attached hydrogens (tertiary/aromatic N) is 4. The Morgan fingerprint density at radius 2 is 1.95 bits per heavy atom. The lowest BCUT2D eigenvalue weighted by Crippen LogP contribution is -2.57. The van der Waals surface area contributed by atoms with Gasteiger partial charge in [-0.1, -0.05) is 11.5 Å². The summed E-state index contributed by atoms with van der Waals surface area (Å²) in [4.78, 5) is 13.6. The minimum absolute atomic E-state index is 0.407. The average Bonchev–Trinajstić information content (AvgIpc) is 2.92. The fraction of sp³-hybridized carbons (Fsp3) is 0.429. The third-order valence-corrected chi connectivity index (χ3v) is 4.44. The van der Waals surface area contributed by atoms with Crippen molar-refractivity contribution in [2.45, 2.75) is 25.9 Å². The second-order valence-corrected chi connectivity index (χ2v) is 6.15. The van der Waals surface area contributed by atoms with E-state index in [4.69, 9.17) is 7.85 Å². The third-order valence-electron chi connectivity index (χ3n) is 3.65. The lowest BCUT2D eigenvalue weighted by atomic mass is 9.99. The summed E-state index contributed by atoms with van der Waals surface area (Å²) in [6.45, 7) is 6.37. The van der Waals surface area contributed by atoms with Gasteiger partial charge in [0.1, 0.15) is 13.7 Å². The summed E-state index contributed by atoms with van der Waals surface area (Å²) in [5, 5.41) is 3.14. The van der Waals surface area contributed by atoms with Crippen molar-refractivity contribution in [1.29, 1.82) is 0 Å². The molecule has 1 aliphatic heterocycles. The molecule has 1 fully saturated rings. The minimum Gasteiger partial charge on any atom is -0.353 e. The van der Waals surface area contributed by atoms with Gasteiger partial charge in [-0.2, -0.15) is 0 Å². The summed E-state index contributed by atoms with van der Waals surface area (Å²) in [5.74, 6) is 0.997. The van der Waals surface area contributed by atoms with Gasteiger partial charge in [-0.3, -0.25) is 0 Å². The van der Waals surface area contributed by atoms with Crippen molar-refractivity contribution in [3.05, 3.63) is 29.9 Å². The van der Waals surface area contributed by atoms with E-state index >= 15 is 0 Å². The fourth-order valence-corrected chi connectivity index (χ4v) is 3.66. The predicted molar refractivity (Wildman–Crippen MR) is 85.4 cm³/mol. The van der Waals surface area contributed by atoms with Gasteiger partial charge in [0.25, 0.3) is 0 Å². The summed E-state index contributed by atoms with van der Waals surface area (Å²) in [5.41, 5.74) is 0.705. The van der Waals surface area contributed by atoms with E-state index in [9.17, 15) is 0 Å². The highest BCUT2D eigenvalue weighted by atomic mass is 32.1. The Hall–Kier alpha value is -1.56. The number of hydrogen-bond donors (Lipinski definition) is 0. The summed E-state index contributed by atoms with van der Waals surface area (Å²) < 4.78 is 0. The number of pyridine rings is 1. The molecular weight excluding hydrogens is 267 g/mol. The lowest BCUT2D eigenvalue weighted by Gasteiger charge is -2.44. The maximum absolute atomic E-state index is 5.70. The minimum atomic E-state index is 0.407. The number of thiazole rings is 1. The molecule has 0 unspecified atom stereocenters.